The molecule has 0 bridgehead atoms. The maximum absolute atomic E-state index is 12.8. The van der Waals surface area contributed by atoms with Gasteiger partial charge in [-0.2, -0.15) is 0 Å². The summed E-state index contributed by atoms with van der Waals surface area (Å²) < 4.78 is 10.6. The van der Waals surface area contributed by atoms with Crippen LogP contribution in [0, 0.1) is 0 Å². The van der Waals surface area contributed by atoms with E-state index in [-0.39, 0.29) is 5.78 Å². The largest absolute Gasteiger partial charge is 0.497 e. The van der Waals surface area contributed by atoms with Crippen LogP contribution < -0.4 is 9.64 Å². The van der Waals surface area contributed by atoms with Crippen molar-refractivity contribution in [3.05, 3.63) is 46.0 Å². The summed E-state index contributed by atoms with van der Waals surface area (Å²) >= 11 is 1.63. The number of ether oxygens (including phenoxy) is 2. The number of nitrogens with zero attached hydrogens (tertiary/aromatic N) is 2. The van der Waals surface area contributed by atoms with Gasteiger partial charge in [-0.15, -0.1) is 0 Å². The van der Waals surface area contributed by atoms with Gasteiger partial charge in [-0.05, 0) is 42.7 Å². The van der Waals surface area contributed by atoms with Crippen molar-refractivity contribution >= 4 is 28.3 Å². The Kier molecular flexibility index (Phi) is 4.55. The van der Waals surface area contributed by atoms with Gasteiger partial charge in [-0.25, -0.2) is 4.98 Å². The highest BCUT2D eigenvalue weighted by Crippen LogP contribution is 2.31. The van der Waals surface area contributed by atoms with Crippen LogP contribution in [0.2, 0.25) is 0 Å². The Bertz CT molecular complexity index is 822. The number of anilines is 1. The predicted molar refractivity (Wildman–Crippen MR) is 98.8 cm³/mol. The summed E-state index contributed by atoms with van der Waals surface area (Å²) in [5.41, 5.74) is 2.71. The molecule has 130 valence electrons. The first-order chi connectivity index (χ1) is 12.2. The summed E-state index contributed by atoms with van der Waals surface area (Å²) in [5, 5.41) is 1.00. The minimum atomic E-state index is 0.116. The zero-order valence-corrected chi connectivity index (χ0v) is 15.0. The van der Waals surface area contributed by atoms with Crippen LogP contribution in [0.15, 0.2) is 30.0 Å². The second-order valence-corrected chi connectivity index (χ2v) is 7.21. The van der Waals surface area contributed by atoms with Crippen LogP contribution in [-0.2, 0) is 11.2 Å². The number of aromatic nitrogens is 1. The maximum Gasteiger partial charge on any atom is 0.189 e. The van der Waals surface area contributed by atoms with Crippen molar-refractivity contribution in [1.82, 2.24) is 4.98 Å². The van der Waals surface area contributed by atoms with Crippen molar-refractivity contribution in [3.8, 4) is 5.75 Å². The fourth-order valence-corrected chi connectivity index (χ4v) is 4.17. The summed E-state index contributed by atoms with van der Waals surface area (Å²) in [7, 11) is 1.65. The van der Waals surface area contributed by atoms with E-state index in [2.05, 4.69) is 9.88 Å². The van der Waals surface area contributed by atoms with Crippen LogP contribution >= 0.6 is 11.3 Å². The van der Waals surface area contributed by atoms with E-state index in [9.17, 15) is 4.79 Å². The summed E-state index contributed by atoms with van der Waals surface area (Å²) in [4.78, 5) is 20.6. The molecule has 0 atom stereocenters. The van der Waals surface area contributed by atoms with Crippen molar-refractivity contribution in [3.63, 3.8) is 0 Å². The van der Waals surface area contributed by atoms with Crippen molar-refractivity contribution in [2.75, 3.05) is 38.3 Å². The van der Waals surface area contributed by atoms with Crippen LogP contribution in [0.5, 0.6) is 5.75 Å². The molecule has 6 heteroatoms. The Balaban J connectivity index is 1.55. The zero-order valence-electron chi connectivity index (χ0n) is 14.2. The molecule has 1 aromatic heterocycles. The van der Waals surface area contributed by atoms with Crippen LogP contribution in [0.4, 0.5) is 5.13 Å². The standard InChI is InChI=1S/C19H20N2O3S/c1-23-15-4-5-17-13(10-15)2-3-14(18(17)22)11-16-12-20-19(25-16)21-6-8-24-9-7-21/h4-5,10-12H,2-3,6-9H2,1H3/b14-11-. The van der Waals surface area contributed by atoms with Gasteiger partial charge in [0.2, 0.25) is 0 Å². The van der Waals surface area contributed by atoms with E-state index in [4.69, 9.17) is 9.47 Å². The van der Waals surface area contributed by atoms with Gasteiger partial charge in [0.25, 0.3) is 0 Å². The quantitative estimate of drug-likeness (QED) is 0.791. The van der Waals surface area contributed by atoms with Gasteiger partial charge < -0.3 is 14.4 Å². The predicted octanol–water partition coefficient (Wildman–Crippen LogP) is 3.20. The first-order valence-electron chi connectivity index (χ1n) is 8.45. The minimum Gasteiger partial charge on any atom is -0.497 e. The van der Waals surface area contributed by atoms with Crippen molar-refractivity contribution in [1.29, 1.82) is 0 Å². The van der Waals surface area contributed by atoms with Crippen LogP contribution in [-0.4, -0.2) is 44.2 Å². The van der Waals surface area contributed by atoms with Crippen LogP contribution in [0.3, 0.4) is 0 Å². The number of aryl methyl sites for hydroxylation is 1. The summed E-state index contributed by atoms with van der Waals surface area (Å²) in [6, 6.07) is 5.69. The number of fused-ring (bicyclic) bond motifs is 1. The summed E-state index contributed by atoms with van der Waals surface area (Å²) in [6.07, 6.45) is 5.47. The van der Waals surface area contributed by atoms with Gasteiger partial charge >= 0.3 is 0 Å². The second kappa shape index (κ2) is 6.98. The molecule has 0 spiro atoms. The number of rotatable bonds is 3. The summed E-state index contributed by atoms with van der Waals surface area (Å²) in [6.45, 7) is 3.23. The average Bonchev–Trinajstić information content (AvgIpc) is 3.13. The monoisotopic (exact) mass is 356 g/mol. The Hall–Kier alpha value is -2.18. The molecular weight excluding hydrogens is 336 g/mol. The lowest BCUT2D eigenvalue weighted by atomic mass is 9.86. The Morgan fingerprint density at radius 2 is 2.12 bits per heavy atom. The highest BCUT2D eigenvalue weighted by molar-refractivity contribution is 7.16. The first-order valence-corrected chi connectivity index (χ1v) is 9.27. The molecule has 0 radical (unpaired) electrons. The number of ketones is 1. The van der Waals surface area contributed by atoms with Gasteiger partial charge in [0.05, 0.1) is 20.3 Å². The molecular formula is C19H20N2O3S. The molecule has 2 heterocycles. The Morgan fingerprint density at radius 1 is 1.28 bits per heavy atom. The van der Waals surface area contributed by atoms with Gasteiger partial charge in [-0.3, -0.25) is 4.79 Å². The topological polar surface area (TPSA) is 51.7 Å². The molecule has 1 aliphatic heterocycles. The molecule has 2 aromatic rings. The zero-order chi connectivity index (χ0) is 17.2. The third kappa shape index (κ3) is 3.32. The van der Waals surface area contributed by atoms with E-state index in [1.54, 1.807) is 18.4 Å². The highest BCUT2D eigenvalue weighted by atomic mass is 32.1. The molecule has 1 aromatic carbocycles. The molecule has 1 saturated heterocycles. The first kappa shape index (κ1) is 16.3. The van der Waals surface area contributed by atoms with Gasteiger partial charge in [0.15, 0.2) is 10.9 Å². The van der Waals surface area contributed by atoms with E-state index in [0.717, 1.165) is 71.6 Å². The molecule has 1 aliphatic carbocycles. The smallest absolute Gasteiger partial charge is 0.189 e. The van der Waals surface area contributed by atoms with Crippen LogP contribution in [0.1, 0.15) is 27.2 Å². The number of allylic oxidation sites excluding steroid dienone is 1. The fourth-order valence-electron chi connectivity index (χ4n) is 3.24. The number of hydrogen-bond donors (Lipinski definition) is 0. The summed E-state index contributed by atoms with van der Waals surface area (Å²) in [5.74, 6) is 0.918. The number of thiazole rings is 1. The number of Topliss-reactive ketones (excluding diaryl/α,β-unsaturated/α-hetero) is 1. The normalized spacial score (nSPS) is 19.2. The van der Waals surface area contributed by atoms with E-state index >= 15 is 0 Å². The molecule has 0 amide bonds. The molecule has 0 saturated carbocycles. The van der Waals surface area contributed by atoms with E-state index < -0.39 is 0 Å². The lowest BCUT2D eigenvalue weighted by molar-refractivity contribution is 0.102. The van der Waals surface area contributed by atoms with Gasteiger partial charge in [-0.1, -0.05) is 11.3 Å². The third-order valence-electron chi connectivity index (χ3n) is 4.62. The molecule has 0 N–H and O–H groups in total. The Labute approximate surface area is 150 Å². The maximum atomic E-state index is 12.8. The number of benzene rings is 1. The van der Waals surface area contributed by atoms with E-state index in [0.29, 0.717) is 0 Å². The highest BCUT2D eigenvalue weighted by Gasteiger charge is 2.23. The molecule has 5 nitrogen and oxygen atoms in total. The molecule has 2 aliphatic rings. The van der Waals surface area contributed by atoms with E-state index in [1.807, 2.05) is 30.5 Å². The lowest BCUT2D eigenvalue weighted by Crippen LogP contribution is -2.36. The van der Waals surface area contributed by atoms with Crippen molar-refractivity contribution in [2.45, 2.75) is 12.8 Å². The molecule has 4 rings (SSSR count). The van der Waals surface area contributed by atoms with Gasteiger partial charge in [0, 0.05) is 35.3 Å². The number of methoxy groups -OCH3 is 1. The average molecular weight is 356 g/mol. The molecule has 0 unspecified atom stereocenters. The SMILES string of the molecule is COc1ccc2c(c1)CC/C(=C/c1cnc(N3CCOCC3)s1)C2=O. The number of morpholine rings is 1. The molecule has 25 heavy (non-hydrogen) atoms. The number of carbonyl (C=O) groups is 1. The fraction of sp³-hybridized carbons (Fsp3) is 0.368. The minimum absolute atomic E-state index is 0.116. The Morgan fingerprint density at radius 3 is 2.92 bits per heavy atom. The number of carbonyl (C=O) groups excluding carboxylic acids is 1. The second-order valence-electron chi connectivity index (χ2n) is 6.17. The van der Waals surface area contributed by atoms with Crippen LogP contribution in [0.25, 0.3) is 6.08 Å². The number of hydrogen-bond acceptors (Lipinski definition) is 6. The van der Waals surface area contributed by atoms with Crippen molar-refractivity contribution in [2.24, 2.45) is 0 Å². The molecule has 1 fully saturated rings. The van der Waals surface area contributed by atoms with Gasteiger partial charge in [0.1, 0.15) is 5.75 Å². The van der Waals surface area contributed by atoms with E-state index in [1.165, 1.54) is 0 Å². The third-order valence-corrected chi connectivity index (χ3v) is 5.63. The lowest BCUT2D eigenvalue weighted by Gasteiger charge is -2.25. The van der Waals surface area contributed by atoms with Crippen molar-refractivity contribution < 1.29 is 14.3 Å².